The van der Waals surface area contributed by atoms with Gasteiger partial charge in [-0.25, -0.2) is 0 Å². The van der Waals surface area contributed by atoms with Crippen molar-refractivity contribution in [1.82, 2.24) is 0 Å². The maximum atomic E-state index is 2.46. The molecular formula is C43H31NS. The molecule has 1 aliphatic carbocycles. The highest BCUT2D eigenvalue weighted by atomic mass is 32.1. The van der Waals surface area contributed by atoms with E-state index in [0.29, 0.717) is 0 Å². The number of hydrogen-bond donors (Lipinski definition) is 0. The van der Waals surface area contributed by atoms with Gasteiger partial charge < -0.3 is 4.90 Å². The van der Waals surface area contributed by atoms with Gasteiger partial charge >= 0.3 is 0 Å². The third-order valence-corrected chi connectivity index (χ3v) is 10.8. The lowest BCUT2D eigenvalue weighted by Gasteiger charge is -2.30. The van der Waals surface area contributed by atoms with Gasteiger partial charge in [-0.15, -0.1) is 11.3 Å². The average Bonchev–Trinajstić information content (AvgIpc) is 3.57. The first kappa shape index (κ1) is 26.2. The molecule has 1 nitrogen and oxygen atoms in total. The summed E-state index contributed by atoms with van der Waals surface area (Å²) in [6.07, 6.45) is 0. The molecule has 7 aromatic carbocycles. The summed E-state index contributed by atoms with van der Waals surface area (Å²) in [7, 11) is 0. The summed E-state index contributed by atoms with van der Waals surface area (Å²) in [5.41, 5.74) is 11.3. The van der Waals surface area contributed by atoms with Crippen LogP contribution in [0.2, 0.25) is 0 Å². The predicted octanol–water partition coefficient (Wildman–Crippen LogP) is 12.7. The number of fused-ring (bicyclic) bond motifs is 7. The van der Waals surface area contributed by atoms with E-state index in [1.807, 2.05) is 11.3 Å². The van der Waals surface area contributed by atoms with Crippen LogP contribution in [0.4, 0.5) is 17.1 Å². The Kier molecular flexibility index (Phi) is 5.78. The van der Waals surface area contributed by atoms with Gasteiger partial charge in [0.2, 0.25) is 0 Å². The molecule has 1 heterocycles. The van der Waals surface area contributed by atoms with Crippen LogP contribution in [0.3, 0.4) is 0 Å². The van der Waals surface area contributed by atoms with Gasteiger partial charge in [0, 0.05) is 42.5 Å². The maximum absolute atomic E-state index is 2.46. The third kappa shape index (κ3) is 3.99. The Morgan fingerprint density at radius 1 is 0.489 bits per heavy atom. The number of anilines is 3. The van der Waals surface area contributed by atoms with Gasteiger partial charge in [-0.2, -0.15) is 0 Å². The largest absolute Gasteiger partial charge is 0.310 e. The maximum Gasteiger partial charge on any atom is 0.0546 e. The van der Waals surface area contributed by atoms with Crippen molar-refractivity contribution in [3.8, 4) is 22.3 Å². The number of thiophene rings is 1. The lowest BCUT2D eigenvalue weighted by Crippen LogP contribution is -2.17. The van der Waals surface area contributed by atoms with Crippen molar-refractivity contribution >= 4 is 59.3 Å². The van der Waals surface area contributed by atoms with Crippen molar-refractivity contribution in [1.29, 1.82) is 0 Å². The molecule has 45 heavy (non-hydrogen) atoms. The molecule has 0 spiro atoms. The number of para-hydroxylation sites is 1. The summed E-state index contributed by atoms with van der Waals surface area (Å²) in [5, 5.41) is 5.13. The summed E-state index contributed by atoms with van der Waals surface area (Å²) < 4.78 is 2.65. The first-order valence-corrected chi connectivity index (χ1v) is 16.4. The highest BCUT2D eigenvalue weighted by molar-refractivity contribution is 7.25. The van der Waals surface area contributed by atoms with E-state index in [0.717, 1.165) is 5.69 Å². The van der Waals surface area contributed by atoms with Crippen LogP contribution in [-0.2, 0) is 5.41 Å². The zero-order valence-electron chi connectivity index (χ0n) is 25.3. The second-order valence-corrected chi connectivity index (χ2v) is 13.6. The molecule has 214 valence electrons. The topological polar surface area (TPSA) is 3.24 Å². The Morgan fingerprint density at radius 2 is 1.20 bits per heavy atom. The molecule has 9 rings (SSSR count). The van der Waals surface area contributed by atoms with E-state index < -0.39 is 0 Å². The monoisotopic (exact) mass is 593 g/mol. The molecule has 0 amide bonds. The van der Waals surface area contributed by atoms with Gasteiger partial charge in [-0.05, 0) is 87.1 Å². The number of rotatable bonds is 4. The second-order valence-electron chi connectivity index (χ2n) is 12.6. The predicted molar refractivity (Wildman–Crippen MR) is 195 cm³/mol. The average molecular weight is 594 g/mol. The quantitative estimate of drug-likeness (QED) is 0.196. The molecular weight excluding hydrogens is 563 g/mol. The minimum absolute atomic E-state index is 0.0818. The lowest BCUT2D eigenvalue weighted by atomic mass is 9.82. The summed E-state index contributed by atoms with van der Waals surface area (Å²) in [6, 6.07) is 55.9. The van der Waals surface area contributed by atoms with E-state index in [-0.39, 0.29) is 5.41 Å². The molecule has 0 bridgehead atoms. The van der Waals surface area contributed by atoms with E-state index in [2.05, 4.69) is 170 Å². The number of hydrogen-bond acceptors (Lipinski definition) is 2. The van der Waals surface area contributed by atoms with Crippen molar-refractivity contribution in [2.75, 3.05) is 4.90 Å². The fraction of sp³-hybridized carbons (Fsp3) is 0.0698. The van der Waals surface area contributed by atoms with E-state index in [1.165, 1.54) is 75.7 Å². The Labute approximate surface area is 267 Å². The Balaban J connectivity index is 1.32. The van der Waals surface area contributed by atoms with Crippen LogP contribution in [0.15, 0.2) is 152 Å². The minimum atomic E-state index is -0.0818. The molecule has 0 atom stereocenters. The first-order valence-electron chi connectivity index (χ1n) is 15.6. The van der Waals surface area contributed by atoms with Crippen LogP contribution in [0, 0.1) is 0 Å². The standard InChI is InChI=1S/C43H31NS/c1-43(2)37-18-10-8-16-33(37)34-23-22-31(27-38(34)43)44(30-13-4-3-5-14-30)39-24-20-28-12-6-7-15-32(28)42(39)29-21-25-41-36(26-29)35-17-9-11-19-40(35)45-41/h3-27H,1-2H3. The highest BCUT2D eigenvalue weighted by Crippen LogP contribution is 2.52. The number of benzene rings is 7. The SMILES string of the molecule is CC1(C)c2ccccc2-c2ccc(N(c3ccccc3)c3ccc4ccccc4c3-c3ccc4sc5ccccc5c4c3)cc21. The zero-order chi connectivity index (χ0) is 30.1. The molecule has 0 N–H and O–H groups in total. The molecule has 0 radical (unpaired) electrons. The summed E-state index contributed by atoms with van der Waals surface area (Å²) in [5.74, 6) is 0. The van der Waals surface area contributed by atoms with Crippen molar-refractivity contribution in [3.63, 3.8) is 0 Å². The van der Waals surface area contributed by atoms with Gasteiger partial charge in [0.05, 0.1) is 5.69 Å². The molecule has 2 heteroatoms. The van der Waals surface area contributed by atoms with E-state index in [4.69, 9.17) is 0 Å². The molecule has 0 saturated heterocycles. The van der Waals surface area contributed by atoms with Crippen LogP contribution in [0.25, 0.3) is 53.2 Å². The van der Waals surface area contributed by atoms with Gasteiger partial charge in [0.15, 0.2) is 0 Å². The van der Waals surface area contributed by atoms with Gasteiger partial charge in [0.25, 0.3) is 0 Å². The van der Waals surface area contributed by atoms with Crippen LogP contribution in [-0.4, -0.2) is 0 Å². The van der Waals surface area contributed by atoms with Crippen molar-refractivity contribution in [2.24, 2.45) is 0 Å². The Morgan fingerprint density at radius 3 is 2.09 bits per heavy atom. The molecule has 0 aliphatic heterocycles. The van der Waals surface area contributed by atoms with Crippen LogP contribution < -0.4 is 4.90 Å². The second kappa shape index (κ2) is 9.92. The summed E-state index contributed by atoms with van der Waals surface area (Å²) >= 11 is 1.87. The minimum Gasteiger partial charge on any atom is -0.310 e. The highest BCUT2D eigenvalue weighted by Gasteiger charge is 2.36. The molecule has 0 unspecified atom stereocenters. The number of nitrogens with zero attached hydrogens (tertiary/aromatic N) is 1. The van der Waals surface area contributed by atoms with Crippen molar-refractivity contribution in [3.05, 3.63) is 163 Å². The molecule has 0 fully saturated rings. The van der Waals surface area contributed by atoms with Crippen LogP contribution in [0.5, 0.6) is 0 Å². The fourth-order valence-corrected chi connectivity index (χ4v) is 8.55. The van der Waals surface area contributed by atoms with Gasteiger partial charge in [-0.1, -0.05) is 117 Å². The van der Waals surface area contributed by atoms with E-state index in [9.17, 15) is 0 Å². The zero-order valence-corrected chi connectivity index (χ0v) is 26.1. The molecule has 1 aromatic heterocycles. The van der Waals surface area contributed by atoms with Gasteiger partial charge in [-0.3, -0.25) is 0 Å². The van der Waals surface area contributed by atoms with Crippen molar-refractivity contribution in [2.45, 2.75) is 19.3 Å². The van der Waals surface area contributed by atoms with E-state index >= 15 is 0 Å². The Hall–Kier alpha value is -5.18. The van der Waals surface area contributed by atoms with Crippen molar-refractivity contribution < 1.29 is 0 Å². The smallest absolute Gasteiger partial charge is 0.0546 e. The Bertz CT molecular complexity index is 2410. The molecule has 8 aromatic rings. The first-order chi connectivity index (χ1) is 22.1. The van der Waals surface area contributed by atoms with Crippen LogP contribution >= 0.6 is 11.3 Å². The third-order valence-electron chi connectivity index (χ3n) is 9.65. The normalized spacial score (nSPS) is 13.3. The molecule has 0 saturated carbocycles. The summed E-state index contributed by atoms with van der Waals surface area (Å²) in [4.78, 5) is 2.46. The lowest BCUT2D eigenvalue weighted by molar-refractivity contribution is 0.660. The summed E-state index contributed by atoms with van der Waals surface area (Å²) in [6.45, 7) is 4.71. The van der Waals surface area contributed by atoms with Gasteiger partial charge in [0.1, 0.15) is 0 Å². The van der Waals surface area contributed by atoms with Crippen LogP contribution in [0.1, 0.15) is 25.0 Å². The molecule has 1 aliphatic rings. The fourth-order valence-electron chi connectivity index (χ4n) is 7.47. The van der Waals surface area contributed by atoms with E-state index in [1.54, 1.807) is 0 Å².